The fourth-order valence-electron chi connectivity index (χ4n) is 9.22. The zero-order chi connectivity index (χ0) is 32.1. The van der Waals surface area contributed by atoms with E-state index in [0.29, 0.717) is 5.95 Å². The van der Waals surface area contributed by atoms with Crippen molar-refractivity contribution in [3.8, 4) is 0 Å². The summed E-state index contributed by atoms with van der Waals surface area (Å²) >= 11 is 0. The number of likely N-dealkylation sites (tertiary alicyclic amines) is 1. The van der Waals surface area contributed by atoms with E-state index < -0.39 is 11.4 Å². The molecule has 2 N–H and O–H groups in total. The maximum absolute atomic E-state index is 14.3. The first-order valence-electron chi connectivity index (χ1n) is 17.3. The molecule has 3 saturated carbocycles. The summed E-state index contributed by atoms with van der Waals surface area (Å²) in [6.45, 7) is 5.23. The average molecular weight is 630 g/mol. The van der Waals surface area contributed by atoms with Crippen molar-refractivity contribution in [3.05, 3.63) is 64.9 Å². The van der Waals surface area contributed by atoms with Crippen LogP contribution in [-0.4, -0.2) is 68.4 Å². The van der Waals surface area contributed by atoms with Gasteiger partial charge in [-0.15, -0.1) is 0 Å². The second-order valence-corrected chi connectivity index (χ2v) is 14.7. The van der Waals surface area contributed by atoms with Crippen LogP contribution in [0.4, 0.5) is 16.2 Å². The monoisotopic (exact) mass is 629 g/mol. The van der Waals surface area contributed by atoms with Gasteiger partial charge in [-0.25, -0.2) is 9.37 Å². The summed E-state index contributed by atoms with van der Waals surface area (Å²) in [5.74, 6) is 0.891. The molecule has 3 atom stereocenters. The van der Waals surface area contributed by atoms with E-state index in [1.165, 1.54) is 31.7 Å². The normalized spacial score (nSPS) is 27.0. The Bertz CT molecular complexity index is 1560. The molecule has 4 fully saturated rings. The van der Waals surface area contributed by atoms with Gasteiger partial charge >= 0.3 is 5.97 Å². The predicted molar refractivity (Wildman–Crippen MR) is 177 cm³/mol. The second kappa shape index (κ2) is 12.2. The van der Waals surface area contributed by atoms with Crippen LogP contribution in [0.3, 0.4) is 0 Å². The molecule has 246 valence electrons. The largest absolute Gasteiger partial charge is 0.481 e. The molecule has 3 heterocycles. The Labute approximate surface area is 271 Å². The molecule has 0 amide bonds. The van der Waals surface area contributed by atoms with E-state index in [1.807, 2.05) is 24.0 Å². The van der Waals surface area contributed by atoms with Crippen LogP contribution in [0.5, 0.6) is 0 Å². The summed E-state index contributed by atoms with van der Waals surface area (Å²) in [6.07, 6.45) is 14.6. The Kier molecular flexibility index (Phi) is 8.28. The van der Waals surface area contributed by atoms with Gasteiger partial charge in [0, 0.05) is 44.0 Å². The topological polar surface area (TPSA) is 99.4 Å². The van der Waals surface area contributed by atoms with Gasteiger partial charge in [0.15, 0.2) is 0 Å². The average Bonchev–Trinajstić information content (AvgIpc) is 3.27. The third-order valence-electron chi connectivity index (χ3n) is 11.6. The molecule has 4 aliphatic carbocycles. The van der Waals surface area contributed by atoms with E-state index in [4.69, 9.17) is 9.97 Å². The van der Waals surface area contributed by atoms with Gasteiger partial charge in [-0.05, 0) is 99.9 Å². The summed E-state index contributed by atoms with van der Waals surface area (Å²) in [5, 5.41) is 18.2. The van der Waals surface area contributed by atoms with Crippen molar-refractivity contribution >= 4 is 17.7 Å². The van der Waals surface area contributed by atoms with Crippen molar-refractivity contribution < 1.29 is 14.3 Å². The third-order valence-corrected chi connectivity index (χ3v) is 11.6. The Balaban J connectivity index is 1.23. The van der Waals surface area contributed by atoms with Crippen LogP contribution >= 0.6 is 0 Å². The smallest absolute Gasteiger partial charge is 0.309 e. The maximum atomic E-state index is 14.3. The fraction of sp³-hybridized carbons (Fsp3) is 0.611. The van der Waals surface area contributed by atoms with Crippen molar-refractivity contribution in [2.45, 2.75) is 95.6 Å². The number of carbonyl (C=O) groups is 1. The van der Waals surface area contributed by atoms with E-state index in [9.17, 15) is 14.3 Å². The van der Waals surface area contributed by atoms with E-state index >= 15 is 0 Å². The molecule has 2 bridgehead atoms. The van der Waals surface area contributed by atoms with E-state index in [0.717, 1.165) is 92.8 Å². The minimum atomic E-state index is -0.651. The molecule has 5 aliphatic rings. The van der Waals surface area contributed by atoms with Crippen molar-refractivity contribution in [2.75, 3.05) is 36.9 Å². The molecule has 10 heteroatoms. The first-order valence-corrected chi connectivity index (χ1v) is 17.3. The molecule has 2 aromatic heterocycles. The van der Waals surface area contributed by atoms with Crippen molar-refractivity contribution in [1.82, 2.24) is 24.6 Å². The summed E-state index contributed by atoms with van der Waals surface area (Å²) in [7, 11) is 4.04. The molecule has 1 saturated heterocycles. The maximum Gasteiger partial charge on any atom is 0.309 e. The number of aromatic nitrogens is 4. The fourth-order valence-corrected chi connectivity index (χ4v) is 9.22. The van der Waals surface area contributed by atoms with Crippen molar-refractivity contribution in [1.29, 1.82) is 0 Å². The van der Waals surface area contributed by atoms with Crippen molar-refractivity contribution in [3.63, 3.8) is 0 Å². The number of aliphatic carboxylic acids is 1. The quantitative estimate of drug-likeness (QED) is 0.262. The van der Waals surface area contributed by atoms with Gasteiger partial charge in [0.05, 0.1) is 23.3 Å². The number of fused-ring (bicyclic) bond motifs is 1. The zero-order valence-corrected chi connectivity index (χ0v) is 27.5. The molecule has 0 radical (unpaired) electrons. The van der Waals surface area contributed by atoms with Crippen LogP contribution < -0.4 is 10.2 Å². The molecule has 0 unspecified atom stereocenters. The van der Waals surface area contributed by atoms with E-state index in [2.05, 4.69) is 40.4 Å². The summed E-state index contributed by atoms with van der Waals surface area (Å²) in [4.78, 5) is 27.2. The van der Waals surface area contributed by atoms with Crippen LogP contribution in [0, 0.1) is 16.6 Å². The van der Waals surface area contributed by atoms with Gasteiger partial charge in [0.2, 0.25) is 5.95 Å². The number of rotatable bonds is 11. The summed E-state index contributed by atoms with van der Waals surface area (Å²) in [5.41, 5.74) is 3.82. The number of halogens is 1. The standard InChI is InChI=1S/C36H48FN7O2/c1-4-31(35-21-36(22-35,23-35)33(45)46)43(3)34-40-29-13-12-25(24-10-9-11-27(37)16-24)17-28(29)32(41-34)39-30(26-18-38-42(2)19-26)20-44-14-7-5-6-8-15-44/h9-11,16,18-19,25,30-31H,4-8,12-15,17,20-23H2,1-3H3,(H,45,46)(H,39,40,41)/t25-,30+,31-,35?,36?/m1/s1. The van der Waals surface area contributed by atoms with E-state index in [1.54, 1.807) is 12.1 Å². The lowest BCUT2D eigenvalue weighted by molar-refractivity contribution is -0.230. The van der Waals surface area contributed by atoms with Gasteiger partial charge in [-0.1, -0.05) is 31.9 Å². The van der Waals surface area contributed by atoms with Crippen LogP contribution in [0.15, 0.2) is 36.7 Å². The molecule has 1 aliphatic heterocycles. The molecule has 8 rings (SSSR count). The number of hydrogen-bond acceptors (Lipinski definition) is 7. The van der Waals surface area contributed by atoms with Gasteiger partial charge < -0.3 is 20.2 Å². The first-order chi connectivity index (χ1) is 22.2. The van der Waals surface area contributed by atoms with Crippen LogP contribution in [0.25, 0.3) is 0 Å². The number of hydrogen-bond donors (Lipinski definition) is 2. The van der Waals surface area contributed by atoms with Crippen LogP contribution in [0.2, 0.25) is 0 Å². The molecule has 46 heavy (non-hydrogen) atoms. The number of carboxylic acids is 1. The van der Waals surface area contributed by atoms with Gasteiger partial charge in [0.25, 0.3) is 0 Å². The Morgan fingerprint density at radius 2 is 1.93 bits per heavy atom. The number of carboxylic acid groups (broad SMARTS) is 1. The number of aryl methyl sites for hydroxylation is 2. The lowest BCUT2D eigenvalue weighted by Gasteiger charge is -2.71. The van der Waals surface area contributed by atoms with Gasteiger partial charge in [-0.3, -0.25) is 9.48 Å². The molecule has 0 spiro atoms. The minimum Gasteiger partial charge on any atom is -0.481 e. The van der Waals surface area contributed by atoms with Gasteiger partial charge in [0.1, 0.15) is 11.6 Å². The SMILES string of the molecule is CC[C@@H](N(C)c1nc2c(c(N[C@@H](CN3CCCCCC3)c3cnn(C)c3)n1)C[C@H](c1cccc(F)c1)CC2)C12CC(C(=O)O)(C1)C2. The lowest BCUT2D eigenvalue weighted by Crippen LogP contribution is -2.72. The highest BCUT2D eigenvalue weighted by Crippen LogP contribution is 2.75. The number of benzene rings is 1. The zero-order valence-electron chi connectivity index (χ0n) is 27.5. The van der Waals surface area contributed by atoms with Gasteiger partial charge in [-0.2, -0.15) is 10.1 Å². The van der Waals surface area contributed by atoms with Crippen molar-refractivity contribution in [2.24, 2.45) is 17.9 Å². The number of nitrogens with zero attached hydrogens (tertiary/aromatic N) is 6. The highest BCUT2D eigenvalue weighted by atomic mass is 19.1. The Morgan fingerprint density at radius 1 is 1.17 bits per heavy atom. The molecule has 3 aromatic rings. The second-order valence-electron chi connectivity index (χ2n) is 14.7. The molecule has 1 aromatic carbocycles. The highest BCUT2D eigenvalue weighted by Gasteiger charge is 2.74. The summed E-state index contributed by atoms with van der Waals surface area (Å²) in [6, 6.07) is 7.18. The first kappa shape index (κ1) is 31.1. The van der Waals surface area contributed by atoms with E-state index in [-0.39, 0.29) is 29.2 Å². The molecular weight excluding hydrogens is 581 g/mol. The lowest BCUT2D eigenvalue weighted by atomic mass is 9.33. The summed E-state index contributed by atoms with van der Waals surface area (Å²) < 4.78 is 16.1. The third kappa shape index (κ3) is 5.67. The van der Waals surface area contributed by atoms with Crippen LogP contribution in [0.1, 0.15) is 99.1 Å². The number of anilines is 2. The predicted octanol–water partition coefficient (Wildman–Crippen LogP) is 6.12. The number of nitrogens with one attached hydrogen (secondary N) is 1. The minimum absolute atomic E-state index is 0.00600. The molecule has 9 nitrogen and oxygen atoms in total. The molecular formula is C36H48FN7O2. The Hall–Kier alpha value is -3.53. The van der Waals surface area contributed by atoms with Crippen LogP contribution in [-0.2, 0) is 24.7 Å². The Morgan fingerprint density at radius 3 is 2.59 bits per heavy atom. The highest BCUT2D eigenvalue weighted by molar-refractivity contribution is 5.79.